The SMILES string of the molecule is CN(C)C(=O)N1CCN(Cc2ccccc2C#N)CC1. The van der Waals surface area contributed by atoms with Gasteiger partial charge in [0.05, 0.1) is 11.6 Å². The van der Waals surface area contributed by atoms with E-state index in [0.717, 1.165) is 43.9 Å². The zero-order chi connectivity index (χ0) is 14.5. The summed E-state index contributed by atoms with van der Waals surface area (Å²) in [6.07, 6.45) is 0. The van der Waals surface area contributed by atoms with E-state index in [0.29, 0.717) is 0 Å². The number of carbonyl (C=O) groups excluding carboxylic acids is 1. The van der Waals surface area contributed by atoms with Gasteiger partial charge in [0.15, 0.2) is 0 Å². The summed E-state index contributed by atoms with van der Waals surface area (Å²) < 4.78 is 0. The molecule has 0 bridgehead atoms. The lowest BCUT2D eigenvalue weighted by Crippen LogP contribution is -2.51. The molecule has 2 rings (SSSR count). The maximum absolute atomic E-state index is 11.9. The lowest BCUT2D eigenvalue weighted by Gasteiger charge is -2.36. The van der Waals surface area contributed by atoms with Crippen LogP contribution in [0.1, 0.15) is 11.1 Å². The molecule has 106 valence electrons. The Hall–Kier alpha value is -2.06. The van der Waals surface area contributed by atoms with Crippen molar-refractivity contribution in [2.24, 2.45) is 0 Å². The van der Waals surface area contributed by atoms with Gasteiger partial charge in [-0.15, -0.1) is 0 Å². The van der Waals surface area contributed by atoms with E-state index in [1.165, 1.54) is 0 Å². The molecule has 0 spiro atoms. The van der Waals surface area contributed by atoms with Crippen molar-refractivity contribution in [3.8, 4) is 6.07 Å². The van der Waals surface area contributed by atoms with Crippen LogP contribution in [0, 0.1) is 11.3 Å². The molecular formula is C15H20N4O. The van der Waals surface area contributed by atoms with E-state index < -0.39 is 0 Å². The lowest BCUT2D eigenvalue weighted by atomic mass is 10.1. The van der Waals surface area contributed by atoms with E-state index in [-0.39, 0.29) is 6.03 Å². The summed E-state index contributed by atoms with van der Waals surface area (Å²) in [5.74, 6) is 0. The molecule has 1 aromatic carbocycles. The van der Waals surface area contributed by atoms with Crippen molar-refractivity contribution in [2.75, 3.05) is 40.3 Å². The normalized spacial score (nSPS) is 15.8. The number of nitriles is 1. The highest BCUT2D eigenvalue weighted by atomic mass is 16.2. The highest BCUT2D eigenvalue weighted by Crippen LogP contribution is 2.13. The average molecular weight is 272 g/mol. The van der Waals surface area contributed by atoms with Crippen LogP contribution in [0.5, 0.6) is 0 Å². The largest absolute Gasteiger partial charge is 0.331 e. The van der Waals surface area contributed by atoms with E-state index in [1.807, 2.05) is 29.2 Å². The van der Waals surface area contributed by atoms with E-state index in [2.05, 4.69) is 11.0 Å². The second-order valence-electron chi connectivity index (χ2n) is 5.21. The maximum Gasteiger partial charge on any atom is 0.319 e. The first-order valence-electron chi connectivity index (χ1n) is 6.78. The Morgan fingerprint density at radius 1 is 1.25 bits per heavy atom. The number of nitrogens with zero attached hydrogens (tertiary/aromatic N) is 4. The van der Waals surface area contributed by atoms with Crippen LogP contribution in [-0.4, -0.2) is 61.0 Å². The van der Waals surface area contributed by atoms with Crippen LogP contribution >= 0.6 is 0 Å². The average Bonchev–Trinajstić information content (AvgIpc) is 2.48. The fraction of sp³-hybridized carbons (Fsp3) is 0.467. The summed E-state index contributed by atoms with van der Waals surface area (Å²) >= 11 is 0. The molecule has 1 aliphatic rings. The van der Waals surface area contributed by atoms with E-state index in [9.17, 15) is 4.79 Å². The molecule has 2 amide bonds. The van der Waals surface area contributed by atoms with Crippen molar-refractivity contribution in [1.29, 1.82) is 5.26 Å². The quantitative estimate of drug-likeness (QED) is 0.816. The van der Waals surface area contributed by atoms with Crippen LogP contribution in [0.2, 0.25) is 0 Å². The molecule has 0 N–H and O–H groups in total. The number of carbonyl (C=O) groups is 1. The molecule has 5 heteroatoms. The summed E-state index contributed by atoms with van der Waals surface area (Å²) in [5.41, 5.74) is 1.79. The van der Waals surface area contributed by atoms with Crippen molar-refractivity contribution < 1.29 is 4.79 Å². The molecule has 0 aromatic heterocycles. The molecule has 0 radical (unpaired) electrons. The third-order valence-electron chi connectivity index (χ3n) is 3.56. The minimum Gasteiger partial charge on any atom is -0.331 e. The van der Waals surface area contributed by atoms with Gasteiger partial charge in [-0.3, -0.25) is 4.90 Å². The third-order valence-corrected chi connectivity index (χ3v) is 3.56. The second-order valence-corrected chi connectivity index (χ2v) is 5.21. The van der Waals surface area contributed by atoms with Crippen LogP contribution in [0.4, 0.5) is 4.79 Å². The minimum atomic E-state index is 0.0714. The summed E-state index contributed by atoms with van der Waals surface area (Å²) in [6, 6.07) is 9.99. The monoisotopic (exact) mass is 272 g/mol. The number of amides is 2. The Kier molecular flexibility index (Phi) is 4.59. The Morgan fingerprint density at radius 3 is 2.50 bits per heavy atom. The maximum atomic E-state index is 11.9. The zero-order valence-corrected chi connectivity index (χ0v) is 12.0. The van der Waals surface area contributed by atoms with Crippen LogP contribution in [0.3, 0.4) is 0 Å². The first-order valence-corrected chi connectivity index (χ1v) is 6.78. The molecule has 1 heterocycles. The lowest BCUT2D eigenvalue weighted by molar-refractivity contribution is 0.120. The van der Waals surface area contributed by atoms with Crippen LogP contribution < -0.4 is 0 Å². The molecule has 0 aliphatic carbocycles. The zero-order valence-electron chi connectivity index (χ0n) is 12.0. The summed E-state index contributed by atoms with van der Waals surface area (Å²) in [7, 11) is 3.55. The molecular weight excluding hydrogens is 252 g/mol. The fourth-order valence-corrected chi connectivity index (χ4v) is 2.39. The Morgan fingerprint density at radius 2 is 1.90 bits per heavy atom. The first kappa shape index (κ1) is 14.4. The standard InChI is InChI=1S/C15H20N4O/c1-17(2)15(20)19-9-7-18(8-10-19)12-14-6-4-3-5-13(14)11-16/h3-6H,7-10,12H2,1-2H3. The van der Waals surface area contributed by atoms with Crippen LogP contribution in [0.15, 0.2) is 24.3 Å². The highest BCUT2D eigenvalue weighted by Gasteiger charge is 2.22. The van der Waals surface area contributed by atoms with Gasteiger partial charge in [-0.1, -0.05) is 18.2 Å². The van der Waals surface area contributed by atoms with Crippen molar-refractivity contribution in [1.82, 2.24) is 14.7 Å². The number of piperazine rings is 1. The van der Waals surface area contributed by atoms with Gasteiger partial charge >= 0.3 is 6.03 Å². The predicted molar refractivity (Wildman–Crippen MR) is 77.1 cm³/mol. The van der Waals surface area contributed by atoms with Gasteiger partial charge in [0.2, 0.25) is 0 Å². The highest BCUT2D eigenvalue weighted by molar-refractivity contribution is 5.73. The van der Waals surface area contributed by atoms with Gasteiger partial charge in [-0.25, -0.2) is 4.79 Å². The van der Waals surface area contributed by atoms with E-state index >= 15 is 0 Å². The van der Waals surface area contributed by atoms with Gasteiger partial charge in [0.1, 0.15) is 0 Å². The number of rotatable bonds is 2. The Labute approximate surface area is 120 Å². The molecule has 20 heavy (non-hydrogen) atoms. The molecule has 1 aromatic rings. The molecule has 0 unspecified atom stereocenters. The van der Waals surface area contributed by atoms with Gasteiger partial charge in [0, 0.05) is 46.8 Å². The summed E-state index contributed by atoms with van der Waals surface area (Å²) in [4.78, 5) is 17.6. The minimum absolute atomic E-state index is 0.0714. The molecule has 0 saturated carbocycles. The number of benzene rings is 1. The van der Waals surface area contributed by atoms with Gasteiger partial charge in [0.25, 0.3) is 0 Å². The molecule has 1 fully saturated rings. The fourth-order valence-electron chi connectivity index (χ4n) is 2.39. The Balaban J connectivity index is 1.92. The first-order chi connectivity index (χ1) is 9.61. The Bertz CT molecular complexity index is 513. The number of hydrogen-bond donors (Lipinski definition) is 0. The molecule has 5 nitrogen and oxygen atoms in total. The van der Waals surface area contributed by atoms with Crippen molar-refractivity contribution in [3.05, 3.63) is 35.4 Å². The smallest absolute Gasteiger partial charge is 0.319 e. The number of hydrogen-bond acceptors (Lipinski definition) is 3. The molecule has 0 atom stereocenters. The summed E-state index contributed by atoms with van der Waals surface area (Å²) in [6.45, 7) is 3.95. The third kappa shape index (κ3) is 3.28. The molecule has 1 aliphatic heterocycles. The number of urea groups is 1. The van der Waals surface area contributed by atoms with Gasteiger partial charge in [-0.05, 0) is 11.6 Å². The van der Waals surface area contributed by atoms with Crippen molar-refractivity contribution >= 4 is 6.03 Å². The predicted octanol–water partition coefficient (Wildman–Crippen LogP) is 1.36. The van der Waals surface area contributed by atoms with Gasteiger partial charge in [-0.2, -0.15) is 5.26 Å². The van der Waals surface area contributed by atoms with Crippen LogP contribution in [0.25, 0.3) is 0 Å². The van der Waals surface area contributed by atoms with Crippen LogP contribution in [-0.2, 0) is 6.54 Å². The van der Waals surface area contributed by atoms with E-state index in [4.69, 9.17) is 5.26 Å². The van der Waals surface area contributed by atoms with Crippen molar-refractivity contribution in [2.45, 2.75) is 6.54 Å². The topological polar surface area (TPSA) is 50.6 Å². The summed E-state index contributed by atoms with van der Waals surface area (Å²) in [5, 5.41) is 9.10. The second kappa shape index (κ2) is 6.40. The van der Waals surface area contributed by atoms with Crippen molar-refractivity contribution in [3.63, 3.8) is 0 Å². The van der Waals surface area contributed by atoms with E-state index in [1.54, 1.807) is 19.0 Å². The molecule has 1 saturated heterocycles. The van der Waals surface area contributed by atoms with Gasteiger partial charge < -0.3 is 9.80 Å².